The third-order valence-electron chi connectivity index (χ3n) is 4.04. The number of amides is 1. The minimum absolute atomic E-state index is 0.310. The summed E-state index contributed by atoms with van der Waals surface area (Å²) < 4.78 is 0. The maximum absolute atomic E-state index is 12.0. The molecular formula is C18H31NO. The van der Waals surface area contributed by atoms with E-state index in [9.17, 15) is 4.79 Å². The molecule has 1 rings (SSSR count). The largest absolute Gasteiger partial charge is 0.345 e. The molecular weight excluding hydrogens is 246 g/mol. The molecule has 0 unspecified atom stereocenters. The fourth-order valence-corrected chi connectivity index (χ4v) is 2.54. The Morgan fingerprint density at radius 2 is 1.85 bits per heavy atom. The molecule has 1 amide bonds. The van der Waals surface area contributed by atoms with Crippen LogP contribution in [0.5, 0.6) is 0 Å². The van der Waals surface area contributed by atoms with E-state index >= 15 is 0 Å². The molecule has 0 saturated heterocycles. The Labute approximate surface area is 124 Å². The quantitative estimate of drug-likeness (QED) is 0.494. The van der Waals surface area contributed by atoms with E-state index in [-0.39, 0.29) is 0 Å². The highest BCUT2D eigenvalue weighted by Gasteiger charge is 2.09. The molecule has 2 heteroatoms. The standard InChI is InChI=1S/C18H31NO/c1-3-4-5-6-7-8-9-14-18(20)19(2)16-15-17-12-10-11-13-17/h10-12H,3-9,13-16H2,1-2H3. The number of nitrogens with zero attached hydrogens (tertiary/aromatic N) is 1. The van der Waals surface area contributed by atoms with Crippen molar-refractivity contribution in [2.75, 3.05) is 13.6 Å². The number of carbonyl (C=O) groups excluding carboxylic acids is 1. The fraction of sp³-hybridized carbons (Fsp3) is 0.722. The molecule has 0 radical (unpaired) electrons. The van der Waals surface area contributed by atoms with Gasteiger partial charge in [-0.15, -0.1) is 0 Å². The van der Waals surface area contributed by atoms with E-state index < -0.39 is 0 Å². The van der Waals surface area contributed by atoms with Gasteiger partial charge in [0.05, 0.1) is 0 Å². The highest BCUT2D eigenvalue weighted by molar-refractivity contribution is 5.75. The van der Waals surface area contributed by atoms with E-state index in [1.54, 1.807) is 0 Å². The van der Waals surface area contributed by atoms with Crippen molar-refractivity contribution >= 4 is 5.91 Å². The maximum Gasteiger partial charge on any atom is 0.222 e. The fourth-order valence-electron chi connectivity index (χ4n) is 2.54. The van der Waals surface area contributed by atoms with Crippen LogP contribution >= 0.6 is 0 Å². The second kappa shape index (κ2) is 10.7. The summed E-state index contributed by atoms with van der Waals surface area (Å²) >= 11 is 0. The van der Waals surface area contributed by atoms with Crippen molar-refractivity contribution in [3.05, 3.63) is 23.8 Å². The van der Waals surface area contributed by atoms with Crippen LogP contribution in [0.15, 0.2) is 23.8 Å². The normalized spacial score (nSPS) is 13.6. The Bertz CT molecular complexity index is 330. The number of carbonyl (C=O) groups is 1. The van der Waals surface area contributed by atoms with Crippen molar-refractivity contribution in [2.24, 2.45) is 0 Å². The zero-order valence-electron chi connectivity index (χ0n) is 13.4. The van der Waals surface area contributed by atoms with Crippen LogP contribution < -0.4 is 0 Å². The highest BCUT2D eigenvalue weighted by Crippen LogP contribution is 2.15. The Morgan fingerprint density at radius 1 is 1.15 bits per heavy atom. The molecule has 0 spiro atoms. The highest BCUT2D eigenvalue weighted by atomic mass is 16.2. The lowest BCUT2D eigenvalue weighted by molar-refractivity contribution is -0.130. The van der Waals surface area contributed by atoms with Crippen LogP contribution in [0.1, 0.15) is 71.1 Å². The molecule has 0 aromatic rings. The molecule has 0 aromatic heterocycles. The molecule has 114 valence electrons. The van der Waals surface area contributed by atoms with E-state index in [1.165, 1.54) is 44.1 Å². The summed E-state index contributed by atoms with van der Waals surface area (Å²) in [5, 5.41) is 0. The molecule has 1 aliphatic carbocycles. The topological polar surface area (TPSA) is 20.3 Å². The van der Waals surface area contributed by atoms with Gasteiger partial charge in [-0.1, -0.05) is 69.2 Å². The monoisotopic (exact) mass is 277 g/mol. The van der Waals surface area contributed by atoms with Crippen LogP contribution in [0.25, 0.3) is 0 Å². The molecule has 2 nitrogen and oxygen atoms in total. The van der Waals surface area contributed by atoms with Crippen LogP contribution in [0.4, 0.5) is 0 Å². The van der Waals surface area contributed by atoms with Gasteiger partial charge in [-0.05, 0) is 19.3 Å². The smallest absolute Gasteiger partial charge is 0.222 e. The number of rotatable bonds is 11. The average Bonchev–Trinajstić information content (AvgIpc) is 2.96. The summed E-state index contributed by atoms with van der Waals surface area (Å²) in [5.41, 5.74) is 1.44. The first kappa shape index (κ1) is 17.0. The Balaban J connectivity index is 1.97. The number of allylic oxidation sites excluding steroid dienone is 3. The Morgan fingerprint density at radius 3 is 2.50 bits per heavy atom. The summed E-state index contributed by atoms with van der Waals surface area (Å²) in [5.74, 6) is 0.310. The van der Waals surface area contributed by atoms with Gasteiger partial charge in [0.15, 0.2) is 0 Å². The Hall–Kier alpha value is -1.05. The minimum atomic E-state index is 0.310. The van der Waals surface area contributed by atoms with E-state index in [2.05, 4.69) is 25.2 Å². The van der Waals surface area contributed by atoms with Crippen LogP contribution in [0.2, 0.25) is 0 Å². The number of unbranched alkanes of at least 4 members (excludes halogenated alkanes) is 6. The third-order valence-corrected chi connectivity index (χ3v) is 4.04. The summed E-state index contributed by atoms with van der Waals surface area (Å²) in [6.45, 7) is 3.11. The Kier molecular flexibility index (Phi) is 9.10. The summed E-state index contributed by atoms with van der Waals surface area (Å²) in [4.78, 5) is 13.9. The molecule has 0 fully saturated rings. The van der Waals surface area contributed by atoms with E-state index in [0.717, 1.165) is 32.2 Å². The zero-order chi connectivity index (χ0) is 14.6. The zero-order valence-corrected chi connectivity index (χ0v) is 13.4. The van der Waals surface area contributed by atoms with Crippen LogP contribution in [-0.2, 0) is 4.79 Å². The first-order chi connectivity index (χ1) is 9.74. The van der Waals surface area contributed by atoms with Gasteiger partial charge >= 0.3 is 0 Å². The van der Waals surface area contributed by atoms with Crippen molar-refractivity contribution in [3.63, 3.8) is 0 Å². The minimum Gasteiger partial charge on any atom is -0.345 e. The summed E-state index contributed by atoms with van der Waals surface area (Å²) in [7, 11) is 1.94. The number of hydrogen-bond donors (Lipinski definition) is 0. The van der Waals surface area contributed by atoms with Crippen molar-refractivity contribution in [1.82, 2.24) is 4.90 Å². The van der Waals surface area contributed by atoms with Crippen molar-refractivity contribution < 1.29 is 4.79 Å². The molecule has 0 aromatic carbocycles. The average molecular weight is 277 g/mol. The van der Waals surface area contributed by atoms with Gasteiger partial charge in [0.2, 0.25) is 5.91 Å². The van der Waals surface area contributed by atoms with Gasteiger partial charge in [0.1, 0.15) is 0 Å². The van der Waals surface area contributed by atoms with Gasteiger partial charge in [-0.25, -0.2) is 0 Å². The summed E-state index contributed by atoms with van der Waals surface area (Å²) in [6, 6.07) is 0. The van der Waals surface area contributed by atoms with Crippen molar-refractivity contribution in [2.45, 2.75) is 71.1 Å². The maximum atomic E-state index is 12.0. The van der Waals surface area contributed by atoms with Gasteiger partial charge < -0.3 is 4.90 Å². The lowest BCUT2D eigenvalue weighted by atomic mass is 10.1. The van der Waals surface area contributed by atoms with Crippen molar-refractivity contribution in [1.29, 1.82) is 0 Å². The van der Waals surface area contributed by atoms with E-state index in [1.807, 2.05) is 11.9 Å². The number of hydrogen-bond acceptors (Lipinski definition) is 1. The van der Waals surface area contributed by atoms with Crippen molar-refractivity contribution in [3.8, 4) is 0 Å². The molecule has 0 saturated carbocycles. The lowest BCUT2D eigenvalue weighted by Crippen LogP contribution is -2.27. The van der Waals surface area contributed by atoms with Crippen LogP contribution in [0.3, 0.4) is 0 Å². The van der Waals surface area contributed by atoms with E-state index in [0.29, 0.717) is 5.91 Å². The van der Waals surface area contributed by atoms with Crippen LogP contribution in [0, 0.1) is 0 Å². The second-order valence-corrected chi connectivity index (χ2v) is 5.89. The summed E-state index contributed by atoms with van der Waals surface area (Å²) in [6.07, 6.45) is 18.2. The van der Waals surface area contributed by atoms with Gasteiger partial charge in [-0.2, -0.15) is 0 Å². The molecule has 20 heavy (non-hydrogen) atoms. The first-order valence-corrected chi connectivity index (χ1v) is 8.32. The van der Waals surface area contributed by atoms with E-state index in [4.69, 9.17) is 0 Å². The molecule has 0 N–H and O–H groups in total. The molecule has 0 atom stereocenters. The molecule has 0 heterocycles. The lowest BCUT2D eigenvalue weighted by Gasteiger charge is -2.17. The molecule has 0 bridgehead atoms. The SMILES string of the molecule is CCCCCCCCCC(=O)N(C)CCC1=CC=CC1. The molecule has 1 aliphatic rings. The third kappa shape index (κ3) is 7.52. The van der Waals surface area contributed by atoms with Crippen LogP contribution in [-0.4, -0.2) is 24.4 Å². The first-order valence-electron chi connectivity index (χ1n) is 8.32. The predicted octanol–water partition coefficient (Wildman–Crippen LogP) is 4.86. The molecule has 0 aliphatic heterocycles. The van der Waals surface area contributed by atoms with Gasteiger partial charge in [0.25, 0.3) is 0 Å². The predicted molar refractivity (Wildman–Crippen MR) is 86.7 cm³/mol. The van der Waals surface area contributed by atoms with Gasteiger partial charge in [0, 0.05) is 20.0 Å². The van der Waals surface area contributed by atoms with Gasteiger partial charge in [-0.3, -0.25) is 4.79 Å². The second-order valence-electron chi connectivity index (χ2n) is 5.89.